The molecule has 0 spiro atoms. The van der Waals surface area contributed by atoms with Crippen molar-refractivity contribution in [3.8, 4) is 5.75 Å². The van der Waals surface area contributed by atoms with Crippen LogP contribution in [0.15, 0.2) is 61.2 Å². The van der Waals surface area contributed by atoms with Gasteiger partial charge in [0.15, 0.2) is 6.29 Å². The molecule has 0 aliphatic carbocycles. The summed E-state index contributed by atoms with van der Waals surface area (Å²) in [7, 11) is 0. The normalized spacial score (nSPS) is 19.8. The van der Waals surface area contributed by atoms with Gasteiger partial charge in [-0.05, 0) is 55.2 Å². The summed E-state index contributed by atoms with van der Waals surface area (Å²) in [6.45, 7) is 1.03. The van der Waals surface area contributed by atoms with Crippen LogP contribution in [0.4, 0.5) is 0 Å². The summed E-state index contributed by atoms with van der Waals surface area (Å²) in [6.07, 6.45) is 7.57. The van der Waals surface area contributed by atoms with E-state index in [2.05, 4.69) is 4.98 Å². The highest BCUT2D eigenvalue weighted by Crippen LogP contribution is 2.31. The van der Waals surface area contributed by atoms with Gasteiger partial charge in [0.1, 0.15) is 18.5 Å². The van der Waals surface area contributed by atoms with E-state index in [1.165, 1.54) is 0 Å². The lowest BCUT2D eigenvalue weighted by Gasteiger charge is -2.33. The Labute approximate surface area is 196 Å². The van der Waals surface area contributed by atoms with Gasteiger partial charge in [0.2, 0.25) is 0 Å². The van der Waals surface area contributed by atoms with Gasteiger partial charge in [0.05, 0.1) is 24.0 Å². The SMILES string of the molecule is Clc1ccc(C(Cn2ccnc2)O[C@H]2CCC[C@H](COc3ccc(Cl)cc3Cl)O2)cc1. The van der Waals surface area contributed by atoms with Crippen molar-refractivity contribution in [2.45, 2.75) is 44.3 Å². The minimum Gasteiger partial charge on any atom is -0.489 e. The van der Waals surface area contributed by atoms with Gasteiger partial charge in [-0.3, -0.25) is 0 Å². The predicted molar refractivity (Wildman–Crippen MR) is 122 cm³/mol. The Hall–Kier alpha value is -1.76. The standard InChI is InChI=1S/C23H23Cl3N2O3/c24-17-6-4-16(5-7-17)22(13-28-11-10-27-15-28)31-23-3-1-2-19(30-23)14-29-21-9-8-18(25)12-20(21)26/h4-12,15,19,22-23H,1-3,13-14H2/t19-,22?,23+/m1/s1. The van der Waals surface area contributed by atoms with Crippen molar-refractivity contribution in [1.82, 2.24) is 9.55 Å². The summed E-state index contributed by atoms with van der Waals surface area (Å²) in [6, 6.07) is 12.9. The van der Waals surface area contributed by atoms with Crippen LogP contribution in [0.1, 0.15) is 30.9 Å². The molecule has 3 aromatic rings. The Morgan fingerprint density at radius 2 is 1.87 bits per heavy atom. The highest BCUT2D eigenvalue weighted by Gasteiger charge is 2.27. The summed E-state index contributed by atoms with van der Waals surface area (Å²) in [5.74, 6) is 0.594. The fourth-order valence-corrected chi connectivity index (χ4v) is 4.12. The molecule has 1 saturated heterocycles. The maximum Gasteiger partial charge on any atom is 0.159 e. The first-order chi connectivity index (χ1) is 15.1. The monoisotopic (exact) mass is 480 g/mol. The van der Waals surface area contributed by atoms with Crippen LogP contribution in [0, 0.1) is 0 Å². The van der Waals surface area contributed by atoms with Crippen molar-refractivity contribution in [1.29, 1.82) is 0 Å². The summed E-state index contributed by atoms with van der Waals surface area (Å²) >= 11 is 18.2. The second-order valence-corrected chi connectivity index (χ2v) is 8.72. The molecule has 2 aromatic carbocycles. The molecule has 0 amide bonds. The molecule has 1 fully saturated rings. The molecule has 0 N–H and O–H groups in total. The Morgan fingerprint density at radius 1 is 1.06 bits per heavy atom. The van der Waals surface area contributed by atoms with Crippen LogP contribution < -0.4 is 4.74 Å². The number of imidazole rings is 1. The molecular weight excluding hydrogens is 459 g/mol. The molecule has 0 saturated carbocycles. The molecule has 31 heavy (non-hydrogen) atoms. The van der Waals surface area contributed by atoms with Gasteiger partial charge < -0.3 is 18.8 Å². The molecule has 3 atom stereocenters. The molecule has 0 radical (unpaired) electrons. The van der Waals surface area contributed by atoms with Crippen LogP contribution in [0.3, 0.4) is 0 Å². The van der Waals surface area contributed by atoms with Crippen molar-refractivity contribution < 1.29 is 14.2 Å². The highest BCUT2D eigenvalue weighted by atomic mass is 35.5. The number of rotatable bonds is 8. The number of hydrogen-bond acceptors (Lipinski definition) is 4. The maximum atomic E-state index is 6.40. The molecule has 164 valence electrons. The molecule has 1 aromatic heterocycles. The van der Waals surface area contributed by atoms with Crippen LogP contribution in [0.5, 0.6) is 5.75 Å². The highest BCUT2D eigenvalue weighted by molar-refractivity contribution is 6.35. The molecule has 0 bridgehead atoms. The molecule has 5 nitrogen and oxygen atoms in total. The summed E-state index contributed by atoms with van der Waals surface area (Å²) < 4.78 is 20.5. The number of hydrogen-bond donors (Lipinski definition) is 0. The zero-order valence-corrected chi connectivity index (χ0v) is 19.1. The van der Waals surface area contributed by atoms with Gasteiger partial charge in [-0.15, -0.1) is 0 Å². The van der Waals surface area contributed by atoms with E-state index in [0.29, 0.717) is 34.0 Å². The number of aromatic nitrogens is 2. The van der Waals surface area contributed by atoms with E-state index < -0.39 is 0 Å². The predicted octanol–water partition coefficient (Wildman–Crippen LogP) is 6.58. The fourth-order valence-electron chi connectivity index (χ4n) is 3.53. The Balaban J connectivity index is 1.38. The van der Waals surface area contributed by atoms with Crippen molar-refractivity contribution in [2.75, 3.05) is 6.61 Å². The van der Waals surface area contributed by atoms with Crippen LogP contribution in [0.2, 0.25) is 15.1 Å². The van der Waals surface area contributed by atoms with Gasteiger partial charge in [-0.2, -0.15) is 0 Å². The third kappa shape index (κ3) is 6.37. The third-order valence-electron chi connectivity index (χ3n) is 5.12. The third-order valence-corrected chi connectivity index (χ3v) is 5.90. The second-order valence-electron chi connectivity index (χ2n) is 7.44. The van der Waals surface area contributed by atoms with Gasteiger partial charge in [0, 0.05) is 22.4 Å². The number of halogens is 3. The number of nitrogens with zero attached hydrogens (tertiary/aromatic N) is 2. The van der Waals surface area contributed by atoms with Gasteiger partial charge in [-0.25, -0.2) is 4.98 Å². The quantitative estimate of drug-likeness (QED) is 0.365. The lowest BCUT2D eigenvalue weighted by atomic mass is 10.1. The molecule has 1 unspecified atom stereocenters. The first kappa shape index (κ1) is 22.4. The topological polar surface area (TPSA) is 45.5 Å². The van der Waals surface area contributed by atoms with Crippen molar-refractivity contribution >= 4 is 34.8 Å². The van der Waals surface area contributed by atoms with E-state index in [-0.39, 0.29) is 18.5 Å². The van der Waals surface area contributed by atoms with Crippen LogP contribution >= 0.6 is 34.8 Å². The van der Waals surface area contributed by atoms with Crippen LogP contribution in [0.25, 0.3) is 0 Å². The zero-order chi connectivity index (χ0) is 21.6. The Bertz CT molecular complexity index is 967. The summed E-state index contributed by atoms with van der Waals surface area (Å²) in [5.41, 5.74) is 1.04. The molecule has 2 heterocycles. The Kier molecular flexibility index (Phi) is 7.75. The maximum absolute atomic E-state index is 6.40. The van der Waals surface area contributed by atoms with E-state index in [1.54, 1.807) is 30.7 Å². The van der Waals surface area contributed by atoms with Gasteiger partial charge >= 0.3 is 0 Å². The Morgan fingerprint density at radius 3 is 2.61 bits per heavy atom. The van der Waals surface area contributed by atoms with E-state index in [0.717, 1.165) is 24.8 Å². The number of benzene rings is 2. The first-order valence-electron chi connectivity index (χ1n) is 10.2. The largest absolute Gasteiger partial charge is 0.489 e. The minimum atomic E-state index is -0.327. The van der Waals surface area contributed by atoms with Crippen molar-refractivity contribution in [3.63, 3.8) is 0 Å². The van der Waals surface area contributed by atoms with E-state index in [9.17, 15) is 0 Å². The molecule has 1 aliphatic rings. The van der Waals surface area contributed by atoms with E-state index >= 15 is 0 Å². The second kappa shape index (κ2) is 10.7. The molecule has 8 heteroatoms. The van der Waals surface area contributed by atoms with Gasteiger partial charge in [0.25, 0.3) is 0 Å². The first-order valence-corrected chi connectivity index (χ1v) is 11.3. The van der Waals surface area contributed by atoms with Gasteiger partial charge in [-0.1, -0.05) is 46.9 Å². The molecule has 1 aliphatic heterocycles. The van der Waals surface area contributed by atoms with Crippen molar-refractivity contribution in [2.24, 2.45) is 0 Å². The fraction of sp³-hybridized carbons (Fsp3) is 0.348. The average Bonchev–Trinajstić information content (AvgIpc) is 3.27. The number of ether oxygens (including phenoxy) is 3. The van der Waals surface area contributed by atoms with E-state index in [4.69, 9.17) is 49.0 Å². The van der Waals surface area contributed by atoms with Crippen LogP contribution in [-0.4, -0.2) is 28.6 Å². The molecular formula is C23H23Cl3N2O3. The zero-order valence-electron chi connectivity index (χ0n) is 16.8. The van der Waals surface area contributed by atoms with Crippen LogP contribution in [-0.2, 0) is 16.0 Å². The summed E-state index contributed by atoms with van der Waals surface area (Å²) in [4.78, 5) is 4.13. The lowest BCUT2D eigenvalue weighted by Crippen LogP contribution is -2.35. The average molecular weight is 482 g/mol. The smallest absolute Gasteiger partial charge is 0.159 e. The molecule has 4 rings (SSSR count). The van der Waals surface area contributed by atoms with Crippen molar-refractivity contribution in [3.05, 3.63) is 81.8 Å². The lowest BCUT2D eigenvalue weighted by molar-refractivity contribution is -0.223. The van der Waals surface area contributed by atoms with E-state index in [1.807, 2.05) is 35.0 Å². The summed E-state index contributed by atoms with van der Waals surface area (Å²) in [5, 5.41) is 1.75. The minimum absolute atomic E-state index is 0.0791.